The molecule has 1 aliphatic heterocycles. The normalized spacial score (nSPS) is 20.4. The standard InChI is InChI=1S/C19H21F5N4O/c1-5-11(17(28(4)25)19(22,23)24)12-9-27(3)18(29)15(12)10(2)26-14-8-6-7-13(20)16(14)21/h5-8,12,15,26H,1-2,9,25H2,3-4H3/b17-11+/t12-,15-/m1/s1. The van der Waals surface area contributed by atoms with Gasteiger partial charge in [0.05, 0.1) is 11.6 Å². The molecule has 5 nitrogen and oxygen atoms in total. The van der Waals surface area contributed by atoms with E-state index >= 15 is 0 Å². The van der Waals surface area contributed by atoms with Crippen LogP contribution in [0.5, 0.6) is 0 Å². The first kappa shape index (κ1) is 22.4. The summed E-state index contributed by atoms with van der Waals surface area (Å²) in [5.74, 6) is 0.378. The molecule has 10 heteroatoms. The predicted octanol–water partition coefficient (Wildman–Crippen LogP) is 3.40. The number of hydrogen-bond donors (Lipinski definition) is 2. The van der Waals surface area contributed by atoms with Crippen LogP contribution in [0.2, 0.25) is 0 Å². The van der Waals surface area contributed by atoms with Crippen LogP contribution < -0.4 is 11.2 Å². The fourth-order valence-electron chi connectivity index (χ4n) is 3.41. The van der Waals surface area contributed by atoms with Gasteiger partial charge in [0.15, 0.2) is 11.6 Å². The van der Waals surface area contributed by atoms with Gasteiger partial charge >= 0.3 is 6.18 Å². The number of benzene rings is 1. The van der Waals surface area contributed by atoms with Crippen molar-refractivity contribution in [1.29, 1.82) is 0 Å². The minimum absolute atomic E-state index is 0.0649. The summed E-state index contributed by atoms with van der Waals surface area (Å²) < 4.78 is 68.1. The summed E-state index contributed by atoms with van der Waals surface area (Å²) in [5, 5.41) is 2.94. The molecule has 1 amide bonds. The Kier molecular flexibility index (Phi) is 6.37. The monoisotopic (exact) mass is 416 g/mol. The van der Waals surface area contributed by atoms with Crippen molar-refractivity contribution in [2.75, 3.05) is 26.0 Å². The van der Waals surface area contributed by atoms with Crippen molar-refractivity contribution in [1.82, 2.24) is 9.91 Å². The summed E-state index contributed by atoms with van der Waals surface area (Å²) in [6.07, 6.45) is -3.81. The van der Waals surface area contributed by atoms with Crippen LogP contribution in [-0.2, 0) is 4.79 Å². The molecule has 0 unspecified atom stereocenters. The van der Waals surface area contributed by atoms with Gasteiger partial charge in [-0.1, -0.05) is 25.3 Å². The van der Waals surface area contributed by atoms with Crippen LogP contribution in [0.15, 0.2) is 54.4 Å². The molecule has 1 fully saturated rings. The number of nitrogens with zero attached hydrogens (tertiary/aromatic N) is 2. The Morgan fingerprint density at radius 3 is 2.52 bits per heavy atom. The zero-order chi connectivity index (χ0) is 22.1. The van der Waals surface area contributed by atoms with Crippen LogP contribution in [0.1, 0.15) is 0 Å². The molecule has 1 aliphatic rings. The molecule has 1 saturated heterocycles. The van der Waals surface area contributed by atoms with Gasteiger partial charge in [0, 0.05) is 32.3 Å². The Hall–Kier alpha value is -2.88. The van der Waals surface area contributed by atoms with Crippen molar-refractivity contribution in [3.63, 3.8) is 0 Å². The number of amides is 1. The number of carbonyl (C=O) groups is 1. The smallest absolute Gasteiger partial charge is 0.356 e. The van der Waals surface area contributed by atoms with E-state index < -0.39 is 41.3 Å². The molecule has 0 aliphatic carbocycles. The van der Waals surface area contributed by atoms with Crippen LogP contribution in [0, 0.1) is 23.5 Å². The Morgan fingerprint density at radius 2 is 2.00 bits per heavy atom. The molecule has 1 aromatic rings. The fraction of sp³-hybridized carbons (Fsp3) is 0.316. The molecule has 1 aromatic carbocycles. The molecule has 2 atom stereocenters. The van der Waals surface area contributed by atoms with E-state index in [0.717, 1.165) is 19.2 Å². The molecule has 1 heterocycles. The molecule has 0 radical (unpaired) electrons. The van der Waals surface area contributed by atoms with E-state index in [1.54, 1.807) is 0 Å². The van der Waals surface area contributed by atoms with Gasteiger partial charge in [0.25, 0.3) is 0 Å². The first-order valence-electron chi connectivity index (χ1n) is 8.47. The second-order valence-electron chi connectivity index (χ2n) is 6.67. The van der Waals surface area contributed by atoms with Crippen LogP contribution in [0.4, 0.5) is 27.6 Å². The third-order valence-electron chi connectivity index (χ3n) is 4.65. The van der Waals surface area contributed by atoms with Crippen molar-refractivity contribution < 1.29 is 26.7 Å². The lowest BCUT2D eigenvalue weighted by molar-refractivity contribution is -0.129. The Bertz CT molecular complexity index is 863. The van der Waals surface area contributed by atoms with E-state index in [0.29, 0.717) is 5.01 Å². The van der Waals surface area contributed by atoms with E-state index in [1.165, 1.54) is 24.1 Å². The van der Waals surface area contributed by atoms with E-state index in [4.69, 9.17) is 5.84 Å². The van der Waals surface area contributed by atoms with Gasteiger partial charge in [-0.15, -0.1) is 0 Å². The van der Waals surface area contributed by atoms with Gasteiger partial charge < -0.3 is 15.2 Å². The fourth-order valence-corrected chi connectivity index (χ4v) is 3.41. The maximum Gasteiger partial charge on any atom is 0.432 e. The number of anilines is 1. The second kappa shape index (κ2) is 8.24. The lowest BCUT2D eigenvalue weighted by atomic mass is 9.84. The highest BCUT2D eigenvalue weighted by Gasteiger charge is 2.47. The van der Waals surface area contributed by atoms with Gasteiger partial charge in [0.1, 0.15) is 5.70 Å². The number of halogens is 5. The van der Waals surface area contributed by atoms with E-state index in [1.807, 2.05) is 0 Å². The molecule has 0 aromatic heterocycles. The second-order valence-corrected chi connectivity index (χ2v) is 6.67. The molecular weight excluding hydrogens is 395 g/mol. The van der Waals surface area contributed by atoms with Crippen LogP contribution in [-0.4, -0.2) is 42.6 Å². The third-order valence-corrected chi connectivity index (χ3v) is 4.65. The molecular formula is C19H21F5N4O. The minimum Gasteiger partial charge on any atom is -0.356 e. The van der Waals surface area contributed by atoms with Crippen molar-refractivity contribution in [2.45, 2.75) is 6.18 Å². The van der Waals surface area contributed by atoms with Crippen LogP contribution in [0.3, 0.4) is 0 Å². The van der Waals surface area contributed by atoms with Gasteiger partial charge in [-0.25, -0.2) is 14.6 Å². The lowest BCUT2D eigenvalue weighted by Gasteiger charge is -2.27. The summed E-state index contributed by atoms with van der Waals surface area (Å²) in [7, 11) is 2.45. The summed E-state index contributed by atoms with van der Waals surface area (Å²) >= 11 is 0. The average Bonchev–Trinajstić information content (AvgIpc) is 2.90. The molecule has 0 bridgehead atoms. The highest BCUT2D eigenvalue weighted by atomic mass is 19.4. The zero-order valence-electron chi connectivity index (χ0n) is 15.9. The molecule has 29 heavy (non-hydrogen) atoms. The van der Waals surface area contributed by atoms with Gasteiger partial charge in [-0.3, -0.25) is 4.79 Å². The van der Waals surface area contributed by atoms with Gasteiger partial charge in [0.2, 0.25) is 5.91 Å². The number of nitrogens with two attached hydrogens (primary N) is 1. The number of alkyl halides is 3. The van der Waals surface area contributed by atoms with Crippen molar-refractivity contribution >= 4 is 11.6 Å². The highest BCUT2D eigenvalue weighted by molar-refractivity contribution is 5.85. The van der Waals surface area contributed by atoms with Crippen molar-refractivity contribution in [2.24, 2.45) is 17.7 Å². The molecule has 0 saturated carbocycles. The third kappa shape index (κ3) is 4.42. The van der Waals surface area contributed by atoms with Crippen molar-refractivity contribution in [3.05, 3.63) is 66.0 Å². The van der Waals surface area contributed by atoms with Gasteiger partial charge in [-0.05, 0) is 17.7 Å². The topological polar surface area (TPSA) is 61.6 Å². The molecule has 158 valence electrons. The summed E-state index contributed by atoms with van der Waals surface area (Å²) in [4.78, 5) is 13.9. The molecule has 0 spiro atoms. The number of likely N-dealkylation sites (tertiary alicyclic amines) is 1. The van der Waals surface area contributed by atoms with Crippen molar-refractivity contribution in [3.8, 4) is 0 Å². The molecule has 3 N–H and O–H groups in total. The first-order chi connectivity index (χ1) is 13.4. The Morgan fingerprint density at radius 1 is 1.38 bits per heavy atom. The minimum atomic E-state index is -4.80. The number of carbonyl (C=O) groups excluding carboxylic acids is 1. The maximum absolute atomic E-state index is 14.0. The zero-order valence-corrected chi connectivity index (χ0v) is 15.9. The number of rotatable bonds is 6. The summed E-state index contributed by atoms with van der Waals surface area (Å²) in [5.41, 5.74) is -1.81. The average molecular weight is 416 g/mol. The summed E-state index contributed by atoms with van der Waals surface area (Å²) in [6.45, 7) is 7.07. The predicted molar refractivity (Wildman–Crippen MR) is 99.0 cm³/mol. The maximum atomic E-state index is 14.0. The Labute approximate surface area is 164 Å². The number of hydrazine groups is 1. The number of allylic oxidation sites excluding steroid dienone is 2. The lowest BCUT2D eigenvalue weighted by Crippen LogP contribution is -2.37. The molecule has 2 rings (SSSR count). The Balaban J connectivity index is 2.51. The van der Waals surface area contributed by atoms with E-state index in [9.17, 15) is 26.7 Å². The SMILES string of the molecule is C=C/C(=C(\N(C)N)C(F)(F)F)[C@H]1CN(C)C(=O)[C@@H]1C(=C)Nc1cccc(F)c1F. The number of nitrogens with one attached hydrogen (secondary N) is 1. The largest absolute Gasteiger partial charge is 0.432 e. The van der Waals surface area contributed by atoms with E-state index in [2.05, 4.69) is 18.5 Å². The quantitative estimate of drug-likeness (QED) is 0.323. The number of hydrogen-bond acceptors (Lipinski definition) is 4. The summed E-state index contributed by atoms with van der Waals surface area (Å²) in [6, 6.07) is 3.38. The highest BCUT2D eigenvalue weighted by Crippen LogP contribution is 2.40. The van der Waals surface area contributed by atoms with Crippen LogP contribution in [0.25, 0.3) is 0 Å². The van der Waals surface area contributed by atoms with Gasteiger partial charge in [-0.2, -0.15) is 13.2 Å². The van der Waals surface area contributed by atoms with Crippen LogP contribution >= 0.6 is 0 Å². The van der Waals surface area contributed by atoms with E-state index in [-0.39, 0.29) is 23.5 Å². The first-order valence-corrected chi connectivity index (χ1v) is 8.47.